The van der Waals surface area contributed by atoms with E-state index in [0.29, 0.717) is 25.9 Å². The molecule has 1 N–H and O–H groups in total. The smallest absolute Gasteiger partial charge is 0.222 e. The summed E-state index contributed by atoms with van der Waals surface area (Å²) in [4.78, 5) is 13.9. The Morgan fingerprint density at radius 2 is 2.23 bits per heavy atom. The number of fused-ring (bicyclic) bond motifs is 1. The molecule has 22 heavy (non-hydrogen) atoms. The number of carbonyl (C=O) groups is 1. The standard InChI is InChI=1S/C17H21ClN2O2/c1-17(22)7-10-20(12-17)16(21)3-2-8-19-9-6-13-11-14(18)4-5-15(13)19/h4-6,9,11,22H,2-3,7-8,10,12H2,1H3/t17-/m0/s1. The first-order chi connectivity index (χ1) is 10.4. The van der Waals surface area contributed by atoms with E-state index in [1.54, 1.807) is 11.8 Å². The van der Waals surface area contributed by atoms with Gasteiger partial charge in [0.1, 0.15) is 0 Å². The molecule has 1 aromatic heterocycles. The monoisotopic (exact) mass is 320 g/mol. The predicted octanol–water partition coefficient (Wildman–Crippen LogP) is 3.06. The van der Waals surface area contributed by atoms with Crippen molar-refractivity contribution in [2.75, 3.05) is 13.1 Å². The zero-order valence-corrected chi connectivity index (χ0v) is 13.5. The number of rotatable bonds is 4. The van der Waals surface area contributed by atoms with Crippen LogP contribution in [0.2, 0.25) is 5.02 Å². The Hall–Kier alpha value is -1.52. The Kier molecular flexibility index (Phi) is 4.15. The highest BCUT2D eigenvalue weighted by Gasteiger charge is 2.33. The molecule has 1 aromatic carbocycles. The minimum atomic E-state index is -0.717. The van der Waals surface area contributed by atoms with Gasteiger partial charge in [0.15, 0.2) is 0 Å². The highest BCUT2D eigenvalue weighted by molar-refractivity contribution is 6.31. The third kappa shape index (κ3) is 3.28. The number of benzene rings is 1. The zero-order chi connectivity index (χ0) is 15.7. The molecule has 0 unspecified atom stereocenters. The number of aliphatic hydroxyl groups is 1. The van der Waals surface area contributed by atoms with E-state index in [1.165, 1.54) is 0 Å². The van der Waals surface area contributed by atoms with Gasteiger partial charge in [-0.15, -0.1) is 0 Å². The predicted molar refractivity (Wildman–Crippen MR) is 88.0 cm³/mol. The Bertz CT molecular complexity index is 693. The molecule has 5 heteroatoms. The maximum absolute atomic E-state index is 12.2. The van der Waals surface area contributed by atoms with Gasteiger partial charge in [0, 0.05) is 48.2 Å². The fourth-order valence-electron chi connectivity index (χ4n) is 3.08. The second-order valence-electron chi connectivity index (χ2n) is 6.38. The Balaban J connectivity index is 1.55. The number of hydrogen-bond donors (Lipinski definition) is 1. The third-order valence-corrected chi connectivity index (χ3v) is 4.56. The molecule has 1 atom stereocenters. The molecule has 0 radical (unpaired) electrons. The summed E-state index contributed by atoms with van der Waals surface area (Å²) in [6.45, 7) is 3.71. The van der Waals surface area contributed by atoms with Crippen molar-refractivity contribution < 1.29 is 9.90 Å². The first-order valence-corrected chi connectivity index (χ1v) is 8.07. The number of halogens is 1. The number of aryl methyl sites for hydroxylation is 1. The van der Waals surface area contributed by atoms with Crippen LogP contribution in [-0.2, 0) is 11.3 Å². The van der Waals surface area contributed by atoms with Crippen LogP contribution in [0.5, 0.6) is 0 Å². The van der Waals surface area contributed by atoms with Crippen LogP contribution >= 0.6 is 11.6 Å². The summed E-state index contributed by atoms with van der Waals surface area (Å²) >= 11 is 5.99. The molecule has 4 nitrogen and oxygen atoms in total. The summed E-state index contributed by atoms with van der Waals surface area (Å²) in [5.74, 6) is 0.136. The van der Waals surface area contributed by atoms with Crippen molar-refractivity contribution >= 4 is 28.4 Å². The molecule has 0 spiro atoms. The van der Waals surface area contributed by atoms with Gasteiger partial charge < -0.3 is 14.6 Å². The number of amides is 1. The van der Waals surface area contributed by atoms with Crippen LogP contribution < -0.4 is 0 Å². The lowest BCUT2D eigenvalue weighted by Crippen LogP contribution is -2.33. The Morgan fingerprint density at radius 1 is 1.41 bits per heavy atom. The van der Waals surface area contributed by atoms with Crippen molar-refractivity contribution in [1.82, 2.24) is 9.47 Å². The number of likely N-dealkylation sites (tertiary alicyclic amines) is 1. The second-order valence-corrected chi connectivity index (χ2v) is 6.81. The summed E-state index contributed by atoms with van der Waals surface area (Å²) in [7, 11) is 0. The molecular formula is C17H21ClN2O2. The van der Waals surface area contributed by atoms with Gasteiger partial charge in [-0.1, -0.05) is 11.6 Å². The molecule has 118 valence electrons. The number of β-amino-alcohol motifs (C(OH)–C–C–N with tert-alkyl or cyclic N) is 1. The Labute approximate surface area is 135 Å². The van der Waals surface area contributed by atoms with E-state index in [1.807, 2.05) is 30.5 Å². The van der Waals surface area contributed by atoms with Gasteiger partial charge >= 0.3 is 0 Å². The van der Waals surface area contributed by atoms with Crippen molar-refractivity contribution in [2.45, 2.75) is 38.3 Å². The van der Waals surface area contributed by atoms with Crippen LogP contribution in [0.4, 0.5) is 0 Å². The minimum absolute atomic E-state index is 0.136. The average Bonchev–Trinajstić information content (AvgIpc) is 3.02. The van der Waals surface area contributed by atoms with Crippen molar-refractivity contribution in [3.05, 3.63) is 35.5 Å². The number of aromatic nitrogens is 1. The Morgan fingerprint density at radius 3 is 2.95 bits per heavy atom. The maximum Gasteiger partial charge on any atom is 0.222 e. The van der Waals surface area contributed by atoms with Gasteiger partial charge in [0.25, 0.3) is 0 Å². The molecule has 1 saturated heterocycles. The molecule has 3 rings (SSSR count). The molecule has 0 aliphatic carbocycles. The van der Waals surface area contributed by atoms with E-state index < -0.39 is 5.60 Å². The van der Waals surface area contributed by atoms with Crippen molar-refractivity contribution in [1.29, 1.82) is 0 Å². The van der Waals surface area contributed by atoms with E-state index in [-0.39, 0.29) is 5.91 Å². The van der Waals surface area contributed by atoms with Crippen LogP contribution in [0.3, 0.4) is 0 Å². The van der Waals surface area contributed by atoms with Crippen LogP contribution in [0.1, 0.15) is 26.2 Å². The molecule has 0 bridgehead atoms. The molecule has 0 saturated carbocycles. The van der Waals surface area contributed by atoms with Crippen molar-refractivity contribution in [3.8, 4) is 0 Å². The van der Waals surface area contributed by atoms with E-state index in [9.17, 15) is 9.90 Å². The lowest BCUT2D eigenvalue weighted by atomic mass is 10.1. The largest absolute Gasteiger partial charge is 0.388 e. The van der Waals surface area contributed by atoms with E-state index >= 15 is 0 Å². The average molecular weight is 321 g/mol. The molecule has 2 heterocycles. The molecule has 1 aliphatic heterocycles. The highest BCUT2D eigenvalue weighted by Crippen LogP contribution is 2.22. The number of hydrogen-bond acceptors (Lipinski definition) is 2. The third-order valence-electron chi connectivity index (χ3n) is 4.33. The van der Waals surface area contributed by atoms with E-state index in [0.717, 1.165) is 28.9 Å². The van der Waals surface area contributed by atoms with Crippen molar-refractivity contribution in [2.24, 2.45) is 0 Å². The van der Waals surface area contributed by atoms with Crippen LogP contribution in [-0.4, -0.2) is 39.2 Å². The van der Waals surface area contributed by atoms with Gasteiger partial charge in [-0.25, -0.2) is 0 Å². The van der Waals surface area contributed by atoms with E-state index in [4.69, 9.17) is 11.6 Å². The lowest BCUT2D eigenvalue weighted by Gasteiger charge is -2.19. The summed E-state index contributed by atoms with van der Waals surface area (Å²) in [5.41, 5.74) is 0.423. The minimum Gasteiger partial charge on any atom is -0.388 e. The first kappa shape index (κ1) is 15.4. The summed E-state index contributed by atoms with van der Waals surface area (Å²) in [6.07, 6.45) is 4.01. The number of carbonyl (C=O) groups excluding carboxylic acids is 1. The lowest BCUT2D eigenvalue weighted by molar-refractivity contribution is -0.131. The van der Waals surface area contributed by atoms with Gasteiger partial charge in [-0.05, 0) is 44.0 Å². The SMILES string of the molecule is C[C@]1(O)CCN(C(=O)CCCn2ccc3cc(Cl)ccc32)C1. The summed E-state index contributed by atoms with van der Waals surface area (Å²) in [6, 6.07) is 7.89. The number of nitrogens with zero attached hydrogens (tertiary/aromatic N) is 2. The van der Waals surface area contributed by atoms with Gasteiger partial charge in [0.05, 0.1) is 5.60 Å². The topological polar surface area (TPSA) is 45.5 Å². The van der Waals surface area contributed by atoms with E-state index in [2.05, 4.69) is 4.57 Å². The van der Waals surface area contributed by atoms with Crippen LogP contribution in [0.15, 0.2) is 30.5 Å². The molecule has 1 aliphatic rings. The normalized spacial score (nSPS) is 21.7. The zero-order valence-electron chi connectivity index (χ0n) is 12.8. The van der Waals surface area contributed by atoms with Gasteiger partial charge in [-0.2, -0.15) is 0 Å². The van der Waals surface area contributed by atoms with Crippen molar-refractivity contribution in [3.63, 3.8) is 0 Å². The highest BCUT2D eigenvalue weighted by atomic mass is 35.5. The quantitative estimate of drug-likeness (QED) is 0.941. The fourth-order valence-corrected chi connectivity index (χ4v) is 3.26. The molecule has 1 amide bonds. The maximum atomic E-state index is 12.2. The van der Waals surface area contributed by atoms with Crippen LogP contribution in [0.25, 0.3) is 10.9 Å². The molecule has 2 aromatic rings. The summed E-state index contributed by atoms with van der Waals surface area (Å²) < 4.78 is 2.15. The van der Waals surface area contributed by atoms with Crippen LogP contribution in [0, 0.1) is 0 Å². The van der Waals surface area contributed by atoms with Gasteiger partial charge in [-0.3, -0.25) is 4.79 Å². The first-order valence-electron chi connectivity index (χ1n) is 7.69. The molecule has 1 fully saturated rings. The summed E-state index contributed by atoms with van der Waals surface area (Å²) in [5, 5.41) is 11.8. The van der Waals surface area contributed by atoms with Gasteiger partial charge in [0.2, 0.25) is 5.91 Å². The fraction of sp³-hybridized carbons (Fsp3) is 0.471. The second kappa shape index (κ2) is 5.94. The molecular weight excluding hydrogens is 300 g/mol.